The topological polar surface area (TPSA) is 118 Å². The zero-order valence-corrected chi connectivity index (χ0v) is 24.7. The fourth-order valence-corrected chi connectivity index (χ4v) is 5.64. The summed E-state index contributed by atoms with van der Waals surface area (Å²) in [7, 11) is 3.92. The molecule has 0 saturated heterocycles. The average Bonchev–Trinajstić information content (AvgIpc) is 3.65. The Kier molecular flexibility index (Phi) is 7.61. The van der Waals surface area contributed by atoms with Crippen molar-refractivity contribution in [3.8, 4) is 45.5 Å². The average molecular weight is 593 g/mol. The molecule has 6 aromatic rings. The number of rotatable bonds is 9. The highest BCUT2D eigenvalue weighted by Crippen LogP contribution is 2.33. The molecule has 224 valence electrons. The van der Waals surface area contributed by atoms with E-state index < -0.39 is 5.82 Å². The van der Waals surface area contributed by atoms with Crippen molar-refractivity contribution in [1.82, 2.24) is 40.0 Å². The van der Waals surface area contributed by atoms with Crippen LogP contribution in [0.25, 0.3) is 56.0 Å². The van der Waals surface area contributed by atoms with Crippen LogP contribution in [0.15, 0.2) is 61.2 Å². The van der Waals surface area contributed by atoms with E-state index in [4.69, 9.17) is 14.5 Å². The molecule has 0 amide bonds. The van der Waals surface area contributed by atoms with Crippen molar-refractivity contribution in [2.75, 3.05) is 27.2 Å². The van der Waals surface area contributed by atoms with Gasteiger partial charge in [0.05, 0.1) is 40.9 Å². The number of likely N-dealkylation sites (N-methyl/N-ethyl adjacent to an activating group) is 1. The Bertz CT molecular complexity index is 1930. The number of H-pyrrole nitrogens is 2. The van der Waals surface area contributed by atoms with Crippen molar-refractivity contribution in [3.63, 3.8) is 0 Å². The van der Waals surface area contributed by atoms with Crippen molar-refractivity contribution in [2.24, 2.45) is 0 Å². The number of fused-ring (bicyclic) bond motifs is 2. The van der Waals surface area contributed by atoms with Crippen LogP contribution in [0.4, 0.5) is 4.39 Å². The molecule has 2 N–H and O–H groups in total. The van der Waals surface area contributed by atoms with Gasteiger partial charge in [0, 0.05) is 41.5 Å². The summed E-state index contributed by atoms with van der Waals surface area (Å²) in [4.78, 5) is 23.9. The van der Waals surface area contributed by atoms with Gasteiger partial charge in [-0.2, -0.15) is 5.10 Å². The molecule has 11 heteroatoms. The summed E-state index contributed by atoms with van der Waals surface area (Å²) in [5.74, 6) is 1.35. The molecule has 0 radical (unpaired) electrons. The minimum atomic E-state index is -0.405. The molecule has 10 nitrogen and oxygen atoms in total. The monoisotopic (exact) mass is 592 g/mol. The van der Waals surface area contributed by atoms with Gasteiger partial charge < -0.3 is 19.4 Å². The third kappa shape index (κ3) is 5.83. The van der Waals surface area contributed by atoms with Crippen LogP contribution < -0.4 is 9.47 Å². The molecular formula is C33H33FN8O2. The number of nitrogens with zero attached hydrogens (tertiary/aromatic N) is 6. The number of hydrogen-bond acceptors (Lipinski definition) is 8. The van der Waals surface area contributed by atoms with Gasteiger partial charge in [-0.05, 0) is 70.1 Å². The zero-order valence-electron chi connectivity index (χ0n) is 24.7. The molecule has 1 saturated carbocycles. The van der Waals surface area contributed by atoms with Crippen molar-refractivity contribution in [3.05, 3.63) is 67.0 Å². The summed E-state index contributed by atoms with van der Waals surface area (Å²) < 4.78 is 26.7. The minimum absolute atomic E-state index is 0.235. The van der Waals surface area contributed by atoms with Crippen LogP contribution >= 0.6 is 0 Å². The molecule has 1 aliphatic rings. The van der Waals surface area contributed by atoms with E-state index >= 15 is 0 Å². The number of halogens is 1. The van der Waals surface area contributed by atoms with Crippen LogP contribution in [0, 0.1) is 5.82 Å². The van der Waals surface area contributed by atoms with E-state index in [-0.39, 0.29) is 6.10 Å². The Balaban J connectivity index is 1.21. The van der Waals surface area contributed by atoms with Crippen LogP contribution in [0.1, 0.15) is 32.1 Å². The van der Waals surface area contributed by atoms with Crippen molar-refractivity contribution >= 4 is 21.9 Å². The van der Waals surface area contributed by atoms with Gasteiger partial charge in [-0.3, -0.25) is 20.1 Å². The van der Waals surface area contributed by atoms with Crippen molar-refractivity contribution in [2.45, 2.75) is 38.2 Å². The molecule has 5 aromatic heterocycles. The number of aromatic amines is 2. The molecule has 1 fully saturated rings. The first-order valence-corrected chi connectivity index (χ1v) is 14.9. The summed E-state index contributed by atoms with van der Waals surface area (Å²) >= 11 is 0. The van der Waals surface area contributed by atoms with Crippen LogP contribution in [0.3, 0.4) is 0 Å². The van der Waals surface area contributed by atoms with Crippen LogP contribution in [0.2, 0.25) is 0 Å². The molecule has 0 aliphatic heterocycles. The fraction of sp³-hybridized carbons (Fsp3) is 0.303. The predicted octanol–water partition coefficient (Wildman–Crippen LogP) is 6.42. The standard InChI is InChI=1S/C33H33FN8O2/c1-42(2)10-11-43-24-13-20(12-22(34)15-24)30-32-27(8-9-36-30)38-33(39-32)31-26-16-28(37-19-29(26)40-41-31)21-14-25(18-35-17-21)44-23-6-4-3-5-7-23/h8-9,12-19,23H,3-7,10-11H2,1-2H3,(H,38,39)(H,40,41). The maximum absolute atomic E-state index is 14.6. The van der Waals surface area contributed by atoms with E-state index in [1.807, 2.05) is 37.2 Å². The van der Waals surface area contributed by atoms with Gasteiger partial charge in [-0.1, -0.05) is 6.42 Å². The third-order valence-corrected chi connectivity index (χ3v) is 7.89. The highest BCUT2D eigenvalue weighted by molar-refractivity contribution is 5.97. The van der Waals surface area contributed by atoms with Crippen molar-refractivity contribution in [1.29, 1.82) is 0 Å². The second-order valence-corrected chi connectivity index (χ2v) is 11.4. The van der Waals surface area contributed by atoms with Gasteiger partial charge in [-0.25, -0.2) is 9.37 Å². The van der Waals surface area contributed by atoms with Crippen molar-refractivity contribution < 1.29 is 13.9 Å². The van der Waals surface area contributed by atoms with Gasteiger partial charge in [-0.15, -0.1) is 0 Å². The Hall–Kier alpha value is -4.90. The first-order chi connectivity index (χ1) is 21.5. The highest BCUT2D eigenvalue weighted by Gasteiger charge is 2.19. The lowest BCUT2D eigenvalue weighted by Gasteiger charge is -2.22. The molecule has 0 spiro atoms. The summed E-state index contributed by atoms with van der Waals surface area (Å²) in [6.07, 6.45) is 13.1. The number of nitrogens with one attached hydrogen (secondary N) is 2. The molecule has 1 aliphatic carbocycles. The lowest BCUT2D eigenvalue weighted by Crippen LogP contribution is -2.19. The number of hydrogen-bond donors (Lipinski definition) is 2. The second-order valence-electron chi connectivity index (χ2n) is 11.4. The largest absolute Gasteiger partial charge is 0.492 e. The minimum Gasteiger partial charge on any atom is -0.492 e. The lowest BCUT2D eigenvalue weighted by molar-refractivity contribution is 0.154. The Morgan fingerprint density at radius 1 is 0.909 bits per heavy atom. The molecule has 5 heterocycles. The van der Waals surface area contributed by atoms with Gasteiger partial charge in [0.25, 0.3) is 0 Å². The lowest BCUT2D eigenvalue weighted by atomic mass is 9.98. The summed E-state index contributed by atoms with van der Waals surface area (Å²) in [5, 5.41) is 8.48. The van der Waals surface area contributed by atoms with E-state index in [2.05, 4.69) is 30.1 Å². The first kappa shape index (κ1) is 27.9. The van der Waals surface area contributed by atoms with E-state index in [1.165, 1.54) is 31.4 Å². The molecule has 44 heavy (non-hydrogen) atoms. The van der Waals surface area contributed by atoms with Gasteiger partial charge in [0.15, 0.2) is 5.82 Å². The van der Waals surface area contributed by atoms with E-state index in [1.54, 1.807) is 30.9 Å². The summed E-state index contributed by atoms with van der Waals surface area (Å²) in [6, 6.07) is 10.4. The maximum Gasteiger partial charge on any atom is 0.159 e. The number of imidazole rings is 1. The molecule has 0 bridgehead atoms. The van der Waals surface area contributed by atoms with Gasteiger partial charge in [0.2, 0.25) is 0 Å². The molecule has 7 rings (SSSR count). The normalized spacial score (nSPS) is 14.1. The zero-order chi connectivity index (χ0) is 30.0. The molecule has 0 unspecified atom stereocenters. The Morgan fingerprint density at radius 3 is 2.64 bits per heavy atom. The van der Waals surface area contributed by atoms with Crippen LogP contribution in [-0.2, 0) is 0 Å². The van der Waals surface area contributed by atoms with E-state index in [0.29, 0.717) is 47.2 Å². The van der Waals surface area contributed by atoms with E-state index in [0.717, 1.165) is 46.3 Å². The van der Waals surface area contributed by atoms with Gasteiger partial charge >= 0.3 is 0 Å². The summed E-state index contributed by atoms with van der Waals surface area (Å²) in [6.45, 7) is 1.16. The number of ether oxygens (including phenoxy) is 2. The molecule has 0 atom stereocenters. The number of aromatic nitrogens is 7. The van der Waals surface area contributed by atoms with Crippen LogP contribution in [-0.4, -0.2) is 73.4 Å². The summed E-state index contributed by atoms with van der Waals surface area (Å²) in [5.41, 5.74) is 5.51. The highest BCUT2D eigenvalue weighted by atomic mass is 19.1. The smallest absolute Gasteiger partial charge is 0.159 e. The van der Waals surface area contributed by atoms with Gasteiger partial charge in [0.1, 0.15) is 35.1 Å². The fourth-order valence-electron chi connectivity index (χ4n) is 5.64. The first-order valence-electron chi connectivity index (χ1n) is 14.9. The quantitative estimate of drug-likeness (QED) is 0.198. The third-order valence-electron chi connectivity index (χ3n) is 7.89. The SMILES string of the molecule is CN(C)CCOc1cc(F)cc(-c2nccc3[nH]c(-c4n[nH]c5cnc(-c6cncc(OC7CCCCC7)c6)cc45)nc23)c1. The Morgan fingerprint density at radius 2 is 1.77 bits per heavy atom. The number of pyridine rings is 3. The maximum atomic E-state index is 14.6. The predicted molar refractivity (Wildman–Crippen MR) is 167 cm³/mol. The molecule has 1 aromatic carbocycles. The second kappa shape index (κ2) is 12.0. The Labute approximate surface area is 253 Å². The van der Waals surface area contributed by atoms with Crippen LogP contribution in [0.5, 0.6) is 11.5 Å². The number of benzene rings is 1. The molecular weight excluding hydrogens is 559 g/mol. The van der Waals surface area contributed by atoms with E-state index in [9.17, 15) is 4.39 Å².